The fraction of sp³-hybridized carbons (Fsp3) is 0.359. The molecule has 0 aliphatic carbocycles. The van der Waals surface area contributed by atoms with Crippen LogP contribution in [0.15, 0.2) is 67.1 Å². The van der Waals surface area contributed by atoms with E-state index in [1.807, 2.05) is 25.1 Å². The van der Waals surface area contributed by atoms with E-state index < -0.39 is 36.0 Å². The summed E-state index contributed by atoms with van der Waals surface area (Å²) in [6.45, 7) is 17.9. The highest BCUT2D eigenvalue weighted by Crippen LogP contribution is 2.51. The van der Waals surface area contributed by atoms with Gasteiger partial charge in [-0.3, -0.25) is 0 Å². The number of carbonyl (C=O) groups excluding carboxylic acids is 1. The number of likely N-dealkylation sites (tertiary alicyclic amines) is 1. The van der Waals surface area contributed by atoms with Gasteiger partial charge in [-0.05, 0) is 70.0 Å². The lowest BCUT2D eigenvalue weighted by Crippen LogP contribution is -2.36. The van der Waals surface area contributed by atoms with Crippen LogP contribution in [0, 0.1) is 18.6 Å². The Morgan fingerprint density at radius 3 is 2.55 bits per heavy atom. The number of amides is 1. The van der Waals surface area contributed by atoms with Crippen LogP contribution < -0.4 is 19.7 Å². The summed E-state index contributed by atoms with van der Waals surface area (Å²) in [7, 11) is 1.57. The van der Waals surface area contributed by atoms with E-state index in [1.165, 1.54) is 17.0 Å². The van der Waals surface area contributed by atoms with Gasteiger partial charge in [0.2, 0.25) is 0 Å². The molecule has 2 aliphatic rings. The van der Waals surface area contributed by atoms with Crippen molar-refractivity contribution in [3.8, 4) is 11.5 Å². The fourth-order valence-electron chi connectivity index (χ4n) is 6.02. The van der Waals surface area contributed by atoms with Crippen LogP contribution in [-0.2, 0) is 22.6 Å². The number of nitrogens with zero attached hydrogens (tertiary/aromatic N) is 2. The van der Waals surface area contributed by atoms with Crippen molar-refractivity contribution in [2.24, 2.45) is 0 Å². The molecule has 9 nitrogen and oxygen atoms in total. The Morgan fingerprint density at radius 1 is 1.14 bits per heavy atom. The van der Waals surface area contributed by atoms with E-state index >= 15 is 8.78 Å². The summed E-state index contributed by atoms with van der Waals surface area (Å²) in [6.07, 6.45) is 1.03. The molecule has 1 saturated heterocycles. The number of benzene rings is 3. The Morgan fingerprint density at radius 2 is 1.88 bits per heavy atom. The van der Waals surface area contributed by atoms with Crippen LogP contribution in [0.1, 0.15) is 56.4 Å². The average molecular weight is 724 g/mol. The van der Waals surface area contributed by atoms with Gasteiger partial charge >= 0.3 is 6.09 Å². The van der Waals surface area contributed by atoms with Crippen molar-refractivity contribution in [3.63, 3.8) is 0 Å². The van der Waals surface area contributed by atoms with Crippen molar-refractivity contribution < 1.29 is 37.6 Å². The van der Waals surface area contributed by atoms with Crippen molar-refractivity contribution >= 4 is 40.3 Å². The molecule has 0 saturated carbocycles. The van der Waals surface area contributed by atoms with E-state index in [4.69, 9.17) is 30.5 Å². The quantitative estimate of drug-likeness (QED) is 0.190. The molecule has 0 spiro atoms. The molecule has 2 N–H and O–H groups in total. The first kappa shape index (κ1) is 37.5. The van der Waals surface area contributed by atoms with Crippen LogP contribution in [0.2, 0.25) is 5.02 Å². The second-order valence-corrected chi connectivity index (χ2v) is 13.8. The number of ether oxygens (including phenoxy) is 4. The number of carbonyl (C=O) groups is 1. The molecule has 3 aromatic rings. The van der Waals surface area contributed by atoms with Crippen molar-refractivity contribution in [3.05, 3.63) is 106 Å². The molecule has 0 aromatic heterocycles. The Labute approximate surface area is 302 Å². The minimum absolute atomic E-state index is 0.0775. The number of aliphatic hydroxyl groups excluding tert-OH is 1. The average Bonchev–Trinajstić information content (AvgIpc) is 3.55. The number of methoxy groups -OCH3 is 1. The van der Waals surface area contributed by atoms with Crippen LogP contribution in [0.3, 0.4) is 0 Å². The third kappa shape index (κ3) is 8.10. The van der Waals surface area contributed by atoms with E-state index in [0.717, 1.165) is 11.1 Å². The molecule has 0 bridgehead atoms. The first-order valence-electron chi connectivity index (χ1n) is 16.7. The summed E-state index contributed by atoms with van der Waals surface area (Å²) in [4.78, 5) is 15.8. The van der Waals surface area contributed by atoms with Gasteiger partial charge in [0.05, 0.1) is 43.9 Å². The number of nitrogens with one attached hydrogen (secondary N) is 1. The summed E-state index contributed by atoms with van der Waals surface area (Å²) in [5.41, 5.74) is 3.32. The first-order valence-corrected chi connectivity index (χ1v) is 17.0. The van der Waals surface area contributed by atoms with Crippen molar-refractivity contribution in [2.45, 2.75) is 65.9 Å². The smallest absolute Gasteiger partial charge is 0.410 e. The number of hydrogen-bond donors (Lipinski definition) is 2. The Kier molecular flexibility index (Phi) is 11.2. The van der Waals surface area contributed by atoms with Crippen molar-refractivity contribution in [1.82, 2.24) is 4.90 Å². The summed E-state index contributed by atoms with van der Waals surface area (Å²) in [5.74, 6) is -0.625. The van der Waals surface area contributed by atoms with Crippen molar-refractivity contribution in [1.29, 1.82) is 0 Å². The number of hydrogen-bond acceptors (Lipinski definition) is 8. The van der Waals surface area contributed by atoms with Crippen LogP contribution in [0.5, 0.6) is 11.5 Å². The Balaban J connectivity index is 1.57. The van der Waals surface area contributed by atoms with Gasteiger partial charge in [-0.2, -0.15) is 0 Å². The normalized spacial score (nSPS) is 15.7. The van der Waals surface area contributed by atoms with Gasteiger partial charge in [0.1, 0.15) is 34.1 Å². The molecule has 12 heteroatoms. The number of aryl methyl sites for hydroxylation is 1. The van der Waals surface area contributed by atoms with Crippen LogP contribution in [0.4, 0.5) is 30.6 Å². The second kappa shape index (κ2) is 15.2. The van der Waals surface area contributed by atoms with E-state index in [2.05, 4.69) is 18.5 Å². The van der Waals surface area contributed by atoms with Gasteiger partial charge in [0.15, 0.2) is 11.6 Å². The SMILES string of the molecule is C=C(OCC)C1=CN(c2cc(NCc3ccc(C)cc3OC)c(F)cc2CO)c2c(cc(F)c(OC3CCN(C(=O)OC(C)(C)C)C3)c2Cl)C1=C. The van der Waals surface area contributed by atoms with E-state index in [9.17, 15) is 9.90 Å². The second-order valence-electron chi connectivity index (χ2n) is 13.4. The minimum Gasteiger partial charge on any atom is -0.496 e. The van der Waals surface area contributed by atoms with Gasteiger partial charge in [-0.25, -0.2) is 13.6 Å². The van der Waals surface area contributed by atoms with Crippen molar-refractivity contribution in [2.75, 3.05) is 37.0 Å². The summed E-state index contributed by atoms with van der Waals surface area (Å²) >= 11 is 7.05. The predicted molar refractivity (Wildman–Crippen MR) is 196 cm³/mol. The Bertz CT molecular complexity index is 1890. The number of rotatable bonds is 11. The molecule has 2 heterocycles. The van der Waals surface area contributed by atoms with Crippen LogP contribution >= 0.6 is 11.6 Å². The zero-order valence-electron chi connectivity index (χ0n) is 29.8. The molecule has 1 unspecified atom stereocenters. The van der Waals surface area contributed by atoms with Gasteiger partial charge in [-0.1, -0.05) is 36.9 Å². The maximum atomic E-state index is 16.0. The van der Waals surface area contributed by atoms with E-state index in [-0.39, 0.29) is 40.9 Å². The first-order chi connectivity index (χ1) is 24.1. The zero-order chi connectivity index (χ0) is 37.2. The molecule has 2 aliphatic heterocycles. The number of aliphatic hydroxyl groups is 1. The standard InChI is InChI=1S/C39H44ClF2N3O6/c1-9-49-24(4)29-20-45(33-17-32(30(41)15-26(33)21-46)43-18-25-11-10-22(2)14-34(25)48-8)36-28(23(29)3)16-31(42)37(35(36)40)50-27-12-13-44(19-27)38(47)51-39(5,6)7/h10-11,14-17,20,27,43,46H,3-4,9,12-13,18-19,21H2,1-2,5-8H3. The summed E-state index contributed by atoms with van der Waals surface area (Å²) in [5, 5.41) is 13.5. The Hall–Kier alpha value is -4.74. The molecule has 0 radical (unpaired) electrons. The highest BCUT2D eigenvalue weighted by molar-refractivity contribution is 6.35. The maximum absolute atomic E-state index is 16.0. The van der Waals surface area contributed by atoms with Gasteiger partial charge in [0.25, 0.3) is 0 Å². The number of halogens is 3. The predicted octanol–water partition coefficient (Wildman–Crippen LogP) is 9.03. The largest absolute Gasteiger partial charge is 0.496 e. The fourth-order valence-corrected chi connectivity index (χ4v) is 6.35. The molecule has 1 amide bonds. The van der Waals surface area contributed by atoms with Crippen LogP contribution in [0.25, 0.3) is 5.57 Å². The lowest BCUT2D eigenvalue weighted by atomic mass is 9.92. The topological polar surface area (TPSA) is 92.7 Å². The molecule has 272 valence electrons. The van der Waals surface area contributed by atoms with E-state index in [1.54, 1.807) is 52.0 Å². The zero-order valence-corrected chi connectivity index (χ0v) is 30.5. The molecular formula is C39H44ClF2N3O6. The van der Waals surface area contributed by atoms with E-state index in [0.29, 0.717) is 53.4 Å². The molecule has 51 heavy (non-hydrogen) atoms. The molecule has 5 rings (SSSR count). The lowest BCUT2D eigenvalue weighted by Gasteiger charge is -2.34. The molecule has 1 fully saturated rings. The third-order valence-corrected chi connectivity index (χ3v) is 8.86. The summed E-state index contributed by atoms with van der Waals surface area (Å²) in [6, 6.07) is 9.78. The highest BCUT2D eigenvalue weighted by atomic mass is 35.5. The highest BCUT2D eigenvalue weighted by Gasteiger charge is 2.35. The lowest BCUT2D eigenvalue weighted by molar-refractivity contribution is 0.0275. The maximum Gasteiger partial charge on any atom is 0.410 e. The minimum atomic E-state index is -0.741. The van der Waals surface area contributed by atoms with Gasteiger partial charge < -0.3 is 39.2 Å². The number of allylic oxidation sites excluding steroid dienone is 1. The molecule has 1 atom stereocenters. The van der Waals surface area contributed by atoms with Gasteiger partial charge in [0, 0.05) is 48.0 Å². The molecular weight excluding hydrogens is 680 g/mol. The monoisotopic (exact) mass is 723 g/mol. The van der Waals surface area contributed by atoms with Gasteiger partial charge in [-0.15, -0.1) is 0 Å². The summed E-state index contributed by atoms with van der Waals surface area (Å²) < 4.78 is 54.5. The number of fused-ring (bicyclic) bond motifs is 1. The molecule has 3 aromatic carbocycles. The van der Waals surface area contributed by atoms with Crippen LogP contribution in [-0.4, -0.2) is 54.6 Å². The third-order valence-electron chi connectivity index (χ3n) is 8.51. The number of anilines is 3.